The Hall–Kier alpha value is -0.980. The number of rotatable bonds is 5. The Morgan fingerprint density at radius 1 is 1.00 bits per heavy atom. The summed E-state index contributed by atoms with van der Waals surface area (Å²) in [6.07, 6.45) is 3.87. The molecule has 0 aromatic heterocycles. The molecule has 0 aliphatic rings. The minimum atomic E-state index is 1.09. The smallest absolute Gasteiger partial charge is 0.0372 e. The van der Waals surface area contributed by atoms with Crippen LogP contribution < -0.4 is 5.32 Å². The van der Waals surface area contributed by atoms with Crippen LogP contribution in [0.4, 0.5) is 5.69 Å². The van der Waals surface area contributed by atoms with Crippen LogP contribution in [0.15, 0.2) is 12.1 Å². The lowest BCUT2D eigenvalue weighted by Gasteiger charge is -2.13. The Balaban J connectivity index is 2.58. The molecule has 0 unspecified atom stereocenters. The van der Waals surface area contributed by atoms with Gasteiger partial charge in [0, 0.05) is 12.2 Å². The number of unbranched alkanes of at least 4 members (excludes halogenated alkanes) is 2. The van der Waals surface area contributed by atoms with Gasteiger partial charge in [-0.05, 0) is 49.9 Å². The van der Waals surface area contributed by atoms with Crippen molar-refractivity contribution in [2.45, 2.75) is 47.0 Å². The van der Waals surface area contributed by atoms with Crippen molar-refractivity contribution in [3.63, 3.8) is 0 Å². The molecule has 1 N–H and O–H groups in total. The van der Waals surface area contributed by atoms with Crippen molar-refractivity contribution < 1.29 is 0 Å². The quantitative estimate of drug-likeness (QED) is 0.710. The van der Waals surface area contributed by atoms with Gasteiger partial charge in [0.05, 0.1) is 0 Å². The van der Waals surface area contributed by atoms with Gasteiger partial charge in [-0.2, -0.15) is 0 Å². The molecule has 1 rings (SSSR count). The van der Waals surface area contributed by atoms with Crippen LogP contribution >= 0.6 is 0 Å². The molecule has 1 nitrogen and oxygen atoms in total. The van der Waals surface area contributed by atoms with Gasteiger partial charge in [0.2, 0.25) is 0 Å². The average Bonchev–Trinajstić information content (AvgIpc) is 2.24. The van der Waals surface area contributed by atoms with Crippen LogP contribution in [0.2, 0.25) is 0 Å². The Kier molecular flexibility index (Phi) is 4.67. The van der Waals surface area contributed by atoms with Crippen LogP contribution in [0.5, 0.6) is 0 Å². The molecule has 0 aliphatic heterocycles. The van der Waals surface area contributed by atoms with E-state index in [4.69, 9.17) is 0 Å². The molecule has 0 heterocycles. The predicted octanol–water partition coefficient (Wildman–Crippen LogP) is 4.21. The van der Waals surface area contributed by atoms with Crippen molar-refractivity contribution in [1.29, 1.82) is 0 Å². The van der Waals surface area contributed by atoms with Crippen LogP contribution in [-0.2, 0) is 0 Å². The van der Waals surface area contributed by atoms with Gasteiger partial charge >= 0.3 is 0 Å². The Morgan fingerprint density at radius 2 is 1.73 bits per heavy atom. The Morgan fingerprint density at radius 3 is 2.40 bits per heavy atom. The minimum absolute atomic E-state index is 1.09. The lowest BCUT2D eigenvalue weighted by molar-refractivity contribution is 0.743. The predicted molar refractivity (Wildman–Crippen MR) is 68.7 cm³/mol. The van der Waals surface area contributed by atoms with E-state index in [1.807, 2.05) is 0 Å². The number of nitrogens with one attached hydrogen (secondary N) is 1. The fourth-order valence-corrected chi connectivity index (χ4v) is 1.75. The van der Waals surface area contributed by atoms with Gasteiger partial charge in [-0.15, -0.1) is 0 Å². The standard InChI is InChI=1S/C14H23N/c1-5-6-7-10-15-14-9-8-11(2)12(3)13(14)4/h8-9,15H,5-7,10H2,1-4H3. The molecular weight excluding hydrogens is 182 g/mol. The first-order valence-corrected chi connectivity index (χ1v) is 5.97. The molecule has 0 saturated heterocycles. The van der Waals surface area contributed by atoms with E-state index in [1.54, 1.807) is 0 Å². The highest BCUT2D eigenvalue weighted by Gasteiger charge is 2.02. The maximum atomic E-state index is 3.52. The molecule has 1 aromatic rings. The average molecular weight is 205 g/mol. The molecule has 0 atom stereocenters. The maximum absolute atomic E-state index is 3.52. The van der Waals surface area contributed by atoms with Crippen molar-refractivity contribution in [3.05, 3.63) is 28.8 Å². The lowest BCUT2D eigenvalue weighted by Crippen LogP contribution is -2.04. The summed E-state index contributed by atoms with van der Waals surface area (Å²) in [6, 6.07) is 4.40. The fraction of sp³-hybridized carbons (Fsp3) is 0.571. The van der Waals surface area contributed by atoms with Crippen molar-refractivity contribution in [3.8, 4) is 0 Å². The van der Waals surface area contributed by atoms with E-state index < -0.39 is 0 Å². The summed E-state index contributed by atoms with van der Waals surface area (Å²) < 4.78 is 0. The molecule has 0 saturated carbocycles. The Bertz CT molecular complexity index is 315. The summed E-state index contributed by atoms with van der Waals surface area (Å²) in [5.41, 5.74) is 5.49. The molecular formula is C14H23N. The number of hydrogen-bond donors (Lipinski definition) is 1. The summed E-state index contributed by atoms with van der Waals surface area (Å²) in [5.74, 6) is 0. The van der Waals surface area contributed by atoms with E-state index in [0.29, 0.717) is 0 Å². The molecule has 1 heteroatoms. The largest absolute Gasteiger partial charge is 0.385 e. The van der Waals surface area contributed by atoms with E-state index in [9.17, 15) is 0 Å². The molecule has 0 spiro atoms. The second-order valence-corrected chi connectivity index (χ2v) is 4.31. The highest BCUT2D eigenvalue weighted by molar-refractivity contribution is 5.55. The topological polar surface area (TPSA) is 12.0 Å². The fourth-order valence-electron chi connectivity index (χ4n) is 1.75. The third kappa shape index (κ3) is 3.26. The monoisotopic (exact) mass is 205 g/mol. The Labute approximate surface area is 93.9 Å². The van der Waals surface area contributed by atoms with E-state index in [2.05, 4.69) is 45.1 Å². The lowest BCUT2D eigenvalue weighted by atomic mass is 10.0. The van der Waals surface area contributed by atoms with Crippen LogP contribution in [0.3, 0.4) is 0 Å². The van der Waals surface area contributed by atoms with Gasteiger partial charge in [-0.25, -0.2) is 0 Å². The molecule has 84 valence electrons. The molecule has 1 aromatic carbocycles. The molecule has 0 radical (unpaired) electrons. The van der Waals surface area contributed by atoms with Gasteiger partial charge in [0.1, 0.15) is 0 Å². The molecule has 0 amide bonds. The molecule has 0 bridgehead atoms. The van der Waals surface area contributed by atoms with Gasteiger partial charge in [0.25, 0.3) is 0 Å². The number of anilines is 1. The second kappa shape index (κ2) is 5.79. The van der Waals surface area contributed by atoms with Crippen LogP contribution in [0.25, 0.3) is 0 Å². The maximum Gasteiger partial charge on any atom is 0.0372 e. The first-order chi connectivity index (χ1) is 7.16. The number of hydrogen-bond acceptors (Lipinski definition) is 1. The molecule has 0 aliphatic carbocycles. The molecule has 0 fully saturated rings. The van der Waals surface area contributed by atoms with Crippen LogP contribution in [0.1, 0.15) is 42.9 Å². The summed E-state index contributed by atoms with van der Waals surface area (Å²) in [5, 5.41) is 3.52. The normalized spacial score (nSPS) is 10.4. The van der Waals surface area contributed by atoms with Crippen molar-refractivity contribution in [2.75, 3.05) is 11.9 Å². The van der Waals surface area contributed by atoms with Crippen LogP contribution in [-0.4, -0.2) is 6.54 Å². The highest BCUT2D eigenvalue weighted by Crippen LogP contribution is 2.21. The van der Waals surface area contributed by atoms with E-state index in [1.165, 1.54) is 41.6 Å². The zero-order valence-corrected chi connectivity index (χ0v) is 10.5. The highest BCUT2D eigenvalue weighted by atomic mass is 14.9. The summed E-state index contributed by atoms with van der Waals surface area (Å²) in [7, 11) is 0. The van der Waals surface area contributed by atoms with E-state index in [0.717, 1.165) is 6.54 Å². The van der Waals surface area contributed by atoms with Gasteiger partial charge in [-0.1, -0.05) is 25.8 Å². The third-order valence-electron chi connectivity index (χ3n) is 3.15. The van der Waals surface area contributed by atoms with Crippen molar-refractivity contribution >= 4 is 5.69 Å². The third-order valence-corrected chi connectivity index (χ3v) is 3.15. The second-order valence-electron chi connectivity index (χ2n) is 4.31. The number of benzene rings is 1. The van der Waals surface area contributed by atoms with Gasteiger partial charge < -0.3 is 5.32 Å². The summed E-state index contributed by atoms with van der Waals surface area (Å²) in [4.78, 5) is 0. The van der Waals surface area contributed by atoms with Crippen LogP contribution in [0, 0.1) is 20.8 Å². The first kappa shape index (κ1) is 12.1. The minimum Gasteiger partial charge on any atom is -0.385 e. The van der Waals surface area contributed by atoms with Gasteiger partial charge in [0.15, 0.2) is 0 Å². The van der Waals surface area contributed by atoms with Crippen molar-refractivity contribution in [1.82, 2.24) is 0 Å². The first-order valence-electron chi connectivity index (χ1n) is 5.97. The van der Waals surface area contributed by atoms with Gasteiger partial charge in [-0.3, -0.25) is 0 Å². The van der Waals surface area contributed by atoms with E-state index in [-0.39, 0.29) is 0 Å². The van der Waals surface area contributed by atoms with Crippen molar-refractivity contribution in [2.24, 2.45) is 0 Å². The summed E-state index contributed by atoms with van der Waals surface area (Å²) >= 11 is 0. The zero-order chi connectivity index (χ0) is 11.3. The summed E-state index contributed by atoms with van der Waals surface area (Å²) in [6.45, 7) is 9.90. The molecule has 15 heavy (non-hydrogen) atoms. The van der Waals surface area contributed by atoms with E-state index >= 15 is 0 Å². The number of aryl methyl sites for hydroxylation is 1. The zero-order valence-electron chi connectivity index (χ0n) is 10.5. The SMILES string of the molecule is CCCCCNc1ccc(C)c(C)c1C.